The topological polar surface area (TPSA) is 134 Å². The normalized spacial score (nSPS) is 13.7. The molecule has 0 aromatic carbocycles. The number of hydrogen-bond acceptors (Lipinski definition) is 8. The molecule has 0 bridgehead atoms. The van der Waals surface area contributed by atoms with E-state index in [4.69, 9.17) is 24.3 Å². The van der Waals surface area contributed by atoms with Crippen LogP contribution in [0, 0.1) is 0 Å². The summed E-state index contributed by atoms with van der Waals surface area (Å²) in [7, 11) is -4.39. The highest BCUT2D eigenvalue weighted by molar-refractivity contribution is 7.47. The van der Waals surface area contributed by atoms with Crippen LogP contribution in [0.25, 0.3) is 0 Å². The van der Waals surface area contributed by atoms with Crippen molar-refractivity contribution in [1.82, 2.24) is 0 Å². The van der Waals surface area contributed by atoms with Crippen LogP contribution in [0.5, 0.6) is 0 Å². The Kier molecular flexibility index (Phi) is 62.1. The molecule has 0 aromatic heterocycles. The Bertz CT molecular complexity index is 1680. The number of hydrogen-bond donors (Lipinski definition) is 2. The van der Waals surface area contributed by atoms with E-state index in [0.717, 1.165) is 103 Å². The van der Waals surface area contributed by atoms with Crippen molar-refractivity contribution >= 4 is 19.8 Å². The lowest BCUT2D eigenvalue weighted by atomic mass is 10.0. The van der Waals surface area contributed by atoms with E-state index in [-0.39, 0.29) is 38.6 Å². The zero-order chi connectivity index (χ0) is 58.0. The van der Waals surface area contributed by atoms with Gasteiger partial charge in [-0.2, -0.15) is 0 Å². The van der Waals surface area contributed by atoms with Crippen LogP contribution in [0.1, 0.15) is 290 Å². The first-order chi connectivity index (χ1) is 39.3. The molecule has 0 amide bonds. The molecule has 0 aliphatic rings. The summed E-state index contributed by atoms with van der Waals surface area (Å²) < 4.78 is 33.1. The molecule has 3 N–H and O–H groups in total. The summed E-state index contributed by atoms with van der Waals surface area (Å²) in [6.45, 7) is 3.66. The van der Waals surface area contributed by atoms with E-state index in [2.05, 4.69) is 123 Å². The lowest BCUT2D eigenvalue weighted by Gasteiger charge is -2.19. The summed E-state index contributed by atoms with van der Waals surface area (Å²) in [5.41, 5.74) is 5.39. The van der Waals surface area contributed by atoms with Crippen molar-refractivity contribution in [2.24, 2.45) is 5.73 Å². The zero-order valence-corrected chi connectivity index (χ0v) is 52.4. The van der Waals surface area contributed by atoms with Gasteiger partial charge in [-0.3, -0.25) is 18.6 Å². The largest absolute Gasteiger partial charge is 0.472 e. The van der Waals surface area contributed by atoms with E-state index in [1.807, 2.05) is 0 Å². The molecule has 2 atom stereocenters. The number of esters is 2. The van der Waals surface area contributed by atoms with Crippen LogP contribution >= 0.6 is 7.82 Å². The average molecular weight is 1140 g/mol. The van der Waals surface area contributed by atoms with E-state index < -0.39 is 26.5 Å². The molecule has 460 valence electrons. The Morgan fingerprint density at radius 3 is 1.02 bits per heavy atom. The third-order valence-electron chi connectivity index (χ3n) is 13.9. The molecule has 0 rings (SSSR count). The highest BCUT2D eigenvalue weighted by atomic mass is 31.2. The second-order valence-electron chi connectivity index (χ2n) is 21.6. The Hall–Kier alpha value is -3.33. The Balaban J connectivity index is 3.93. The Labute approximate surface area is 492 Å². The van der Waals surface area contributed by atoms with E-state index >= 15 is 0 Å². The molecule has 9 nitrogen and oxygen atoms in total. The van der Waals surface area contributed by atoms with Gasteiger partial charge < -0.3 is 20.1 Å². The van der Waals surface area contributed by atoms with Gasteiger partial charge in [0.05, 0.1) is 13.2 Å². The fourth-order valence-electron chi connectivity index (χ4n) is 9.10. The average Bonchev–Trinajstić information content (AvgIpc) is 3.45. The Morgan fingerprint density at radius 1 is 0.388 bits per heavy atom. The van der Waals surface area contributed by atoms with Crippen molar-refractivity contribution in [3.63, 3.8) is 0 Å². The summed E-state index contributed by atoms with van der Waals surface area (Å²) in [6, 6.07) is 0. The van der Waals surface area contributed by atoms with Crippen LogP contribution in [-0.4, -0.2) is 49.3 Å². The number of nitrogens with two attached hydrogens (primary N) is 1. The van der Waals surface area contributed by atoms with Crippen molar-refractivity contribution in [2.45, 2.75) is 296 Å². The van der Waals surface area contributed by atoms with Crippen LogP contribution in [0.4, 0.5) is 0 Å². The monoisotopic (exact) mass is 1140 g/mol. The molecule has 2 unspecified atom stereocenters. The van der Waals surface area contributed by atoms with Crippen molar-refractivity contribution in [2.75, 3.05) is 26.4 Å². The number of ether oxygens (including phenoxy) is 2. The quantitative estimate of drug-likeness (QED) is 0.0264. The van der Waals surface area contributed by atoms with Gasteiger partial charge in [0.2, 0.25) is 0 Å². The number of allylic oxidation sites excluding steroid dienone is 18. The molecule has 0 aliphatic heterocycles. The number of carbonyl (C=O) groups excluding carboxylic acids is 2. The minimum Gasteiger partial charge on any atom is -0.462 e. The summed E-state index contributed by atoms with van der Waals surface area (Å²) in [5, 5.41) is 0. The molecule has 0 spiro atoms. The highest BCUT2D eigenvalue weighted by Gasteiger charge is 2.26. The summed E-state index contributed by atoms with van der Waals surface area (Å²) >= 11 is 0. The summed E-state index contributed by atoms with van der Waals surface area (Å²) in [5.74, 6) is -0.824. The maximum absolute atomic E-state index is 12.7. The van der Waals surface area contributed by atoms with Crippen molar-refractivity contribution in [3.8, 4) is 0 Å². The number of unbranched alkanes of at least 4 members (excludes halogenated alkanes) is 30. The molecule has 0 aromatic rings. The van der Waals surface area contributed by atoms with E-state index in [0.29, 0.717) is 6.42 Å². The maximum atomic E-state index is 12.7. The van der Waals surface area contributed by atoms with Gasteiger partial charge in [0, 0.05) is 19.4 Å². The highest BCUT2D eigenvalue weighted by Crippen LogP contribution is 2.43. The van der Waals surface area contributed by atoms with Gasteiger partial charge in [-0.1, -0.05) is 303 Å². The van der Waals surface area contributed by atoms with Gasteiger partial charge in [0.1, 0.15) is 6.61 Å². The SMILES string of the molecule is CC/C=C\C/C=C\C/C=C\C/C=C\C/C=C\C/C=C\C/C=C\C/C=C\C/C=C\CCCCCCCCCCCCCC(=O)OC(COC(=O)CCCCCCCCCCCCCCCCCCCCCC)COP(=O)(O)OCCN. The third-order valence-corrected chi connectivity index (χ3v) is 14.9. The standard InChI is InChI=1S/C70H122NO8P/c1-3-5-7-9-11-13-15-17-19-21-23-25-26-27-28-29-30-31-32-33-34-35-36-37-38-39-40-41-42-43-45-47-49-51-53-55-57-59-61-63-70(73)79-68(67-78-80(74,75)77-65-64-71)66-76-69(72)62-60-58-56-54-52-50-48-46-44-24-22-20-18-16-14-12-10-8-6-4-2/h5,7,11,13,17,19,23,25,27-28,30-31,33-34,36-37,39-40,68H,3-4,6,8-10,12,14-16,18,20-22,24,26,29,32,35,38,41-67,71H2,1-2H3,(H,74,75)/b7-5-,13-11-,19-17-,25-23-,28-27-,31-30-,34-33-,37-36-,40-39-. The fraction of sp³-hybridized carbons (Fsp3) is 0.714. The number of rotatable bonds is 61. The van der Waals surface area contributed by atoms with Crippen molar-refractivity contribution in [3.05, 3.63) is 109 Å². The van der Waals surface area contributed by atoms with Gasteiger partial charge in [-0.15, -0.1) is 0 Å². The van der Waals surface area contributed by atoms with Crippen LogP contribution in [-0.2, 0) is 32.7 Å². The summed E-state index contributed by atoms with van der Waals surface area (Å²) in [6.07, 6.45) is 88.8. The first-order valence-corrected chi connectivity index (χ1v) is 34.4. The molecule has 10 heteroatoms. The smallest absolute Gasteiger partial charge is 0.462 e. The molecule has 0 saturated heterocycles. The first-order valence-electron chi connectivity index (χ1n) is 32.9. The first kappa shape index (κ1) is 76.7. The zero-order valence-electron chi connectivity index (χ0n) is 51.5. The van der Waals surface area contributed by atoms with Crippen molar-refractivity contribution < 1.29 is 37.6 Å². The van der Waals surface area contributed by atoms with Crippen LogP contribution in [0.3, 0.4) is 0 Å². The third kappa shape index (κ3) is 63.8. The molecule has 0 fully saturated rings. The Morgan fingerprint density at radius 2 is 0.688 bits per heavy atom. The van der Waals surface area contributed by atoms with E-state index in [1.165, 1.54) is 154 Å². The molecule has 0 aliphatic carbocycles. The van der Waals surface area contributed by atoms with Gasteiger partial charge in [0.25, 0.3) is 0 Å². The molecule has 80 heavy (non-hydrogen) atoms. The predicted octanol–water partition coefficient (Wildman–Crippen LogP) is 21.4. The van der Waals surface area contributed by atoms with E-state index in [9.17, 15) is 19.0 Å². The maximum Gasteiger partial charge on any atom is 0.472 e. The predicted molar refractivity (Wildman–Crippen MR) is 344 cm³/mol. The van der Waals surface area contributed by atoms with Crippen molar-refractivity contribution in [1.29, 1.82) is 0 Å². The molecule has 0 radical (unpaired) electrons. The molecule has 0 heterocycles. The lowest BCUT2D eigenvalue weighted by Crippen LogP contribution is -2.29. The number of phosphoric ester groups is 1. The van der Waals surface area contributed by atoms with Gasteiger partial charge in [-0.05, 0) is 83.5 Å². The minimum absolute atomic E-state index is 0.0504. The molecule has 0 saturated carbocycles. The minimum atomic E-state index is -4.39. The van der Waals surface area contributed by atoms with Crippen LogP contribution < -0.4 is 5.73 Å². The molecular formula is C70H122NO8P. The van der Waals surface area contributed by atoms with Crippen LogP contribution in [0.15, 0.2) is 109 Å². The summed E-state index contributed by atoms with van der Waals surface area (Å²) in [4.78, 5) is 35.3. The van der Waals surface area contributed by atoms with Gasteiger partial charge in [0.15, 0.2) is 6.10 Å². The second kappa shape index (κ2) is 64.8. The van der Waals surface area contributed by atoms with E-state index in [1.54, 1.807) is 0 Å². The number of carbonyl (C=O) groups is 2. The van der Waals surface area contributed by atoms with Crippen LogP contribution in [0.2, 0.25) is 0 Å². The second-order valence-corrected chi connectivity index (χ2v) is 23.1. The molecular weight excluding hydrogens is 1010 g/mol. The van der Waals surface area contributed by atoms with Gasteiger partial charge >= 0.3 is 19.8 Å². The number of phosphoric acid groups is 1. The van der Waals surface area contributed by atoms with Gasteiger partial charge in [-0.25, -0.2) is 4.57 Å². The lowest BCUT2D eigenvalue weighted by molar-refractivity contribution is -0.161. The fourth-order valence-corrected chi connectivity index (χ4v) is 9.87.